The second kappa shape index (κ2) is 7.33. The highest BCUT2D eigenvalue weighted by Crippen LogP contribution is 2.33. The van der Waals surface area contributed by atoms with E-state index >= 15 is 0 Å². The van der Waals surface area contributed by atoms with Crippen molar-refractivity contribution in [2.24, 2.45) is 0 Å². The number of nitrogens with zero attached hydrogens (tertiary/aromatic N) is 3. The fraction of sp³-hybridized carbons (Fsp3) is 0.238. The fourth-order valence-electron chi connectivity index (χ4n) is 3.60. The number of halogens is 1. The van der Waals surface area contributed by atoms with Gasteiger partial charge in [0.1, 0.15) is 0 Å². The first-order valence-corrected chi connectivity index (χ1v) is 9.80. The van der Waals surface area contributed by atoms with Crippen LogP contribution in [0.2, 0.25) is 5.02 Å². The van der Waals surface area contributed by atoms with Gasteiger partial charge in [-0.1, -0.05) is 23.7 Å². The van der Waals surface area contributed by atoms with Crippen LogP contribution in [0.15, 0.2) is 48.5 Å². The summed E-state index contributed by atoms with van der Waals surface area (Å²) >= 11 is 5.96. The number of fused-ring (bicyclic) bond motifs is 1. The predicted octanol–water partition coefficient (Wildman–Crippen LogP) is 3.42. The van der Waals surface area contributed by atoms with Gasteiger partial charge in [-0.3, -0.25) is 9.89 Å². The Balaban J connectivity index is 1.24. The number of hydrogen-bond donors (Lipinski definition) is 1. The minimum absolute atomic E-state index is 0.00633. The number of benzene rings is 2. The summed E-state index contributed by atoms with van der Waals surface area (Å²) in [4.78, 5) is 16.9. The minimum atomic E-state index is 0.00633. The molecule has 3 aromatic rings. The Labute approximate surface area is 172 Å². The molecular weight excluding hydrogens is 392 g/mol. The molecule has 0 atom stereocenters. The molecule has 7 nitrogen and oxygen atoms in total. The highest BCUT2D eigenvalue weighted by molar-refractivity contribution is 6.30. The first kappa shape index (κ1) is 17.9. The third-order valence-corrected chi connectivity index (χ3v) is 5.48. The van der Waals surface area contributed by atoms with Crippen molar-refractivity contribution in [3.63, 3.8) is 0 Å². The van der Waals surface area contributed by atoms with Gasteiger partial charge in [-0.05, 0) is 35.9 Å². The number of aromatic nitrogens is 2. The quantitative estimate of drug-likeness (QED) is 0.716. The predicted molar refractivity (Wildman–Crippen MR) is 110 cm³/mol. The van der Waals surface area contributed by atoms with Crippen molar-refractivity contribution in [3.05, 3.63) is 59.1 Å². The maximum absolute atomic E-state index is 12.8. The fourth-order valence-corrected chi connectivity index (χ4v) is 3.73. The number of amides is 1. The minimum Gasteiger partial charge on any atom is -0.454 e. The topological polar surface area (TPSA) is 70.7 Å². The van der Waals surface area contributed by atoms with Gasteiger partial charge in [0.05, 0.1) is 5.69 Å². The molecule has 2 aromatic carbocycles. The molecule has 5 rings (SSSR count). The average Bonchev–Trinajstić information content (AvgIpc) is 3.43. The molecule has 8 heteroatoms. The highest BCUT2D eigenvalue weighted by Gasteiger charge is 2.25. The molecule has 1 N–H and O–H groups in total. The molecule has 2 aliphatic rings. The molecule has 0 aliphatic carbocycles. The van der Waals surface area contributed by atoms with E-state index in [0.717, 1.165) is 30.2 Å². The molecule has 29 heavy (non-hydrogen) atoms. The third-order valence-electron chi connectivity index (χ3n) is 5.23. The number of carbonyl (C=O) groups is 1. The summed E-state index contributed by atoms with van der Waals surface area (Å²) in [6.45, 7) is 2.92. The molecule has 1 saturated heterocycles. The molecule has 1 aromatic heterocycles. The van der Waals surface area contributed by atoms with E-state index in [4.69, 9.17) is 21.1 Å². The Kier molecular flexibility index (Phi) is 4.52. The highest BCUT2D eigenvalue weighted by atomic mass is 35.5. The van der Waals surface area contributed by atoms with E-state index in [1.54, 1.807) is 18.2 Å². The summed E-state index contributed by atoms with van der Waals surface area (Å²) in [6, 6.07) is 15.0. The molecule has 1 fully saturated rings. The average molecular weight is 411 g/mol. The summed E-state index contributed by atoms with van der Waals surface area (Å²) in [5.41, 5.74) is 2.59. The van der Waals surface area contributed by atoms with Crippen molar-refractivity contribution in [2.75, 3.05) is 37.9 Å². The molecule has 3 heterocycles. The van der Waals surface area contributed by atoms with Crippen molar-refractivity contribution in [1.82, 2.24) is 15.1 Å². The van der Waals surface area contributed by atoms with Crippen LogP contribution in [0.3, 0.4) is 0 Å². The number of carbonyl (C=O) groups excluding carboxylic acids is 1. The Morgan fingerprint density at radius 3 is 2.52 bits per heavy atom. The lowest BCUT2D eigenvalue weighted by Gasteiger charge is -2.34. The number of hydrogen-bond acceptors (Lipinski definition) is 5. The maximum Gasteiger partial charge on any atom is 0.254 e. The number of ether oxygens (including phenoxy) is 2. The zero-order valence-electron chi connectivity index (χ0n) is 15.6. The zero-order valence-corrected chi connectivity index (χ0v) is 16.4. The second-order valence-electron chi connectivity index (χ2n) is 6.99. The van der Waals surface area contributed by atoms with Crippen molar-refractivity contribution < 1.29 is 14.3 Å². The summed E-state index contributed by atoms with van der Waals surface area (Å²) < 4.78 is 10.7. The van der Waals surface area contributed by atoms with E-state index in [1.807, 2.05) is 35.2 Å². The number of H-pyrrole nitrogens is 1. The van der Waals surface area contributed by atoms with Crippen LogP contribution in [0, 0.1) is 0 Å². The Morgan fingerprint density at radius 2 is 1.72 bits per heavy atom. The van der Waals surface area contributed by atoms with Crippen LogP contribution in [-0.2, 0) is 0 Å². The molecule has 2 aliphatic heterocycles. The number of aromatic amines is 1. The van der Waals surface area contributed by atoms with E-state index in [1.165, 1.54) is 0 Å². The van der Waals surface area contributed by atoms with Crippen molar-refractivity contribution in [3.8, 4) is 22.8 Å². The maximum atomic E-state index is 12.8. The van der Waals surface area contributed by atoms with Gasteiger partial charge in [0, 0.05) is 42.8 Å². The zero-order chi connectivity index (χ0) is 19.8. The molecule has 0 saturated carbocycles. The van der Waals surface area contributed by atoms with Gasteiger partial charge in [0.15, 0.2) is 17.3 Å². The molecule has 148 valence electrons. The first-order valence-electron chi connectivity index (χ1n) is 9.42. The van der Waals surface area contributed by atoms with Gasteiger partial charge in [-0.25, -0.2) is 0 Å². The normalized spacial score (nSPS) is 15.6. The molecular formula is C21H19ClN4O3. The van der Waals surface area contributed by atoms with E-state index < -0.39 is 0 Å². The van der Waals surface area contributed by atoms with E-state index in [9.17, 15) is 4.79 Å². The Morgan fingerprint density at radius 1 is 0.966 bits per heavy atom. The van der Waals surface area contributed by atoms with Crippen LogP contribution in [-0.4, -0.2) is 54.0 Å². The standard InChI is InChI=1S/C21H19ClN4O3/c22-16-4-1-14(2-5-16)17-12-20(24-23-17)25-7-9-26(10-8-25)21(27)15-3-6-18-19(11-15)29-13-28-18/h1-6,11-12H,7-10,13H2,(H,23,24). The van der Waals surface area contributed by atoms with Crippen LogP contribution < -0.4 is 14.4 Å². The molecule has 0 unspecified atom stereocenters. The van der Waals surface area contributed by atoms with Crippen molar-refractivity contribution >= 4 is 23.3 Å². The summed E-state index contributed by atoms with van der Waals surface area (Å²) in [5, 5.41) is 8.23. The summed E-state index contributed by atoms with van der Waals surface area (Å²) in [6.07, 6.45) is 0. The van der Waals surface area contributed by atoms with Gasteiger partial charge in [0.2, 0.25) is 6.79 Å². The van der Waals surface area contributed by atoms with Gasteiger partial charge in [-0.15, -0.1) is 0 Å². The van der Waals surface area contributed by atoms with Crippen LogP contribution in [0.25, 0.3) is 11.3 Å². The molecule has 0 radical (unpaired) electrons. The third kappa shape index (κ3) is 3.49. The monoisotopic (exact) mass is 410 g/mol. The van der Waals surface area contributed by atoms with Gasteiger partial charge < -0.3 is 19.3 Å². The Bertz CT molecular complexity index is 1040. The van der Waals surface area contributed by atoms with Gasteiger partial charge in [0.25, 0.3) is 5.91 Å². The van der Waals surface area contributed by atoms with E-state index in [0.29, 0.717) is 35.2 Å². The van der Waals surface area contributed by atoms with Crippen LogP contribution in [0.4, 0.5) is 5.82 Å². The lowest BCUT2D eigenvalue weighted by Crippen LogP contribution is -2.48. The number of piperazine rings is 1. The lowest BCUT2D eigenvalue weighted by molar-refractivity contribution is 0.0746. The first-order chi connectivity index (χ1) is 14.2. The second-order valence-corrected chi connectivity index (χ2v) is 7.43. The van der Waals surface area contributed by atoms with Crippen LogP contribution in [0.5, 0.6) is 11.5 Å². The number of anilines is 1. The smallest absolute Gasteiger partial charge is 0.254 e. The van der Waals surface area contributed by atoms with E-state index in [-0.39, 0.29) is 12.7 Å². The van der Waals surface area contributed by atoms with Gasteiger partial charge >= 0.3 is 0 Å². The lowest BCUT2D eigenvalue weighted by atomic mass is 10.1. The van der Waals surface area contributed by atoms with Crippen molar-refractivity contribution in [1.29, 1.82) is 0 Å². The van der Waals surface area contributed by atoms with Crippen LogP contribution in [0.1, 0.15) is 10.4 Å². The molecule has 0 spiro atoms. The SMILES string of the molecule is O=C(c1ccc2c(c1)OCO2)N1CCN(c2cc(-c3ccc(Cl)cc3)[nH]n2)CC1. The largest absolute Gasteiger partial charge is 0.454 e. The number of rotatable bonds is 3. The molecule has 0 bridgehead atoms. The summed E-state index contributed by atoms with van der Waals surface area (Å²) in [7, 11) is 0. The summed E-state index contributed by atoms with van der Waals surface area (Å²) in [5.74, 6) is 2.19. The van der Waals surface area contributed by atoms with Crippen molar-refractivity contribution in [2.45, 2.75) is 0 Å². The van der Waals surface area contributed by atoms with Gasteiger partial charge in [-0.2, -0.15) is 5.10 Å². The number of nitrogens with one attached hydrogen (secondary N) is 1. The van der Waals surface area contributed by atoms with E-state index in [2.05, 4.69) is 15.1 Å². The molecule has 1 amide bonds. The van der Waals surface area contributed by atoms with Crippen LogP contribution >= 0.6 is 11.6 Å². The Hall–Kier alpha value is -3.19.